The Morgan fingerprint density at radius 3 is 1.50 bits per heavy atom. The number of hydrogen-bond donors (Lipinski definition) is 0. The summed E-state index contributed by atoms with van der Waals surface area (Å²) in [6.45, 7) is 0. The first-order valence-electron chi connectivity index (χ1n) is 9.95. The number of nitriles is 1. The molecule has 0 atom stereocenters. The second-order valence-electron chi connectivity index (χ2n) is 7.40. The molecule has 0 N–H and O–H groups in total. The van der Waals surface area contributed by atoms with Crippen LogP contribution in [0.5, 0.6) is 0 Å². The van der Waals surface area contributed by atoms with E-state index in [1.54, 1.807) is 0 Å². The summed E-state index contributed by atoms with van der Waals surface area (Å²) in [7, 11) is 0. The van der Waals surface area contributed by atoms with E-state index < -0.39 is 0 Å². The molecule has 0 aliphatic heterocycles. The fraction of sp³-hybridized carbons (Fsp3) is 0. The molecular formula is C27H17N3. The van der Waals surface area contributed by atoms with Crippen molar-refractivity contribution < 1.29 is 0 Å². The lowest BCUT2D eigenvalue weighted by Gasteiger charge is -2.08. The minimum Gasteiger partial charge on any atom is -0.307 e. The van der Waals surface area contributed by atoms with Crippen molar-refractivity contribution in [3.05, 3.63) is 109 Å². The molecule has 0 saturated heterocycles. The predicted octanol–water partition coefficient (Wildman–Crippen LogP) is 6.60. The summed E-state index contributed by atoms with van der Waals surface area (Å²) in [5, 5.41) is 11.6. The van der Waals surface area contributed by atoms with Crippen LogP contribution in [-0.2, 0) is 0 Å². The van der Waals surface area contributed by atoms with Crippen LogP contribution in [-0.4, -0.2) is 9.13 Å². The third kappa shape index (κ3) is 2.25. The summed E-state index contributed by atoms with van der Waals surface area (Å²) in [6, 6.07) is 37.6. The molecule has 0 fully saturated rings. The highest BCUT2D eigenvalue weighted by Gasteiger charge is 2.21. The highest BCUT2D eigenvalue weighted by Crippen LogP contribution is 2.40. The molecule has 6 aromatic rings. The van der Waals surface area contributed by atoms with Gasteiger partial charge in [-0.05, 0) is 48.5 Å². The zero-order valence-electron chi connectivity index (χ0n) is 16.2. The molecule has 0 radical (unpaired) electrons. The Morgan fingerprint density at radius 1 is 0.500 bits per heavy atom. The van der Waals surface area contributed by atoms with E-state index in [0.717, 1.165) is 16.9 Å². The van der Waals surface area contributed by atoms with Gasteiger partial charge in [-0.1, -0.05) is 54.6 Å². The highest BCUT2D eigenvalue weighted by atomic mass is 15.1. The normalized spacial score (nSPS) is 11.3. The minimum atomic E-state index is 0.665. The quantitative estimate of drug-likeness (QED) is 0.332. The maximum absolute atomic E-state index is 9.21. The first-order chi connectivity index (χ1) is 14.9. The number of hydrogen-bond acceptors (Lipinski definition) is 1. The van der Waals surface area contributed by atoms with E-state index in [-0.39, 0.29) is 0 Å². The van der Waals surface area contributed by atoms with Crippen LogP contribution in [0.25, 0.3) is 44.2 Å². The van der Waals surface area contributed by atoms with Gasteiger partial charge in [0.25, 0.3) is 0 Å². The molecule has 3 heteroatoms. The summed E-state index contributed by atoms with van der Waals surface area (Å²) < 4.78 is 4.67. The number of fused-ring (bicyclic) bond motifs is 5. The minimum absolute atomic E-state index is 0.665. The van der Waals surface area contributed by atoms with Gasteiger partial charge in [0.1, 0.15) is 0 Å². The zero-order chi connectivity index (χ0) is 20.1. The van der Waals surface area contributed by atoms with Gasteiger partial charge in [-0.25, -0.2) is 0 Å². The van der Waals surface area contributed by atoms with Crippen LogP contribution in [0.2, 0.25) is 0 Å². The van der Waals surface area contributed by atoms with Crippen LogP contribution in [0.3, 0.4) is 0 Å². The standard InChI is InChI=1S/C27H17N3/c28-18-19-14-16-21(17-15-19)30-25-13-7-5-11-23(25)26-27(30)22-10-4-6-12-24(22)29(26)20-8-2-1-3-9-20/h1-17H. The number of rotatable bonds is 2. The summed E-state index contributed by atoms with van der Waals surface area (Å²) in [6.07, 6.45) is 0. The third-order valence-corrected chi connectivity index (χ3v) is 5.74. The second kappa shape index (κ2) is 6.37. The van der Waals surface area contributed by atoms with Crippen LogP contribution in [0.1, 0.15) is 5.56 Å². The summed E-state index contributed by atoms with van der Waals surface area (Å²) in [4.78, 5) is 0. The molecule has 0 aliphatic carbocycles. The molecule has 0 amide bonds. The van der Waals surface area contributed by atoms with Gasteiger partial charge < -0.3 is 9.13 Å². The fourth-order valence-electron chi connectivity index (χ4n) is 4.48. The van der Waals surface area contributed by atoms with E-state index in [9.17, 15) is 5.26 Å². The maximum Gasteiger partial charge on any atom is 0.0991 e. The van der Waals surface area contributed by atoms with Crippen molar-refractivity contribution in [1.29, 1.82) is 5.26 Å². The molecule has 0 aliphatic rings. The monoisotopic (exact) mass is 383 g/mol. The Labute approximate surface area is 173 Å². The van der Waals surface area contributed by atoms with Crippen molar-refractivity contribution in [3.8, 4) is 17.4 Å². The smallest absolute Gasteiger partial charge is 0.0991 e. The Kier molecular flexibility index (Phi) is 3.53. The van der Waals surface area contributed by atoms with Gasteiger partial charge in [0, 0.05) is 22.1 Å². The molecule has 2 heterocycles. The van der Waals surface area contributed by atoms with Crippen molar-refractivity contribution >= 4 is 32.8 Å². The van der Waals surface area contributed by atoms with Crippen molar-refractivity contribution in [3.63, 3.8) is 0 Å². The number of benzene rings is 4. The van der Waals surface area contributed by atoms with Crippen molar-refractivity contribution in [2.24, 2.45) is 0 Å². The lowest BCUT2D eigenvalue weighted by atomic mass is 10.2. The molecule has 30 heavy (non-hydrogen) atoms. The lowest BCUT2D eigenvalue weighted by molar-refractivity contribution is 1.17. The number of nitrogens with zero attached hydrogens (tertiary/aromatic N) is 3. The number of para-hydroxylation sites is 3. The Bertz CT molecular complexity index is 1570. The lowest BCUT2D eigenvalue weighted by Crippen LogP contribution is -1.93. The Morgan fingerprint density at radius 2 is 0.967 bits per heavy atom. The first-order valence-corrected chi connectivity index (χ1v) is 9.95. The molecule has 0 saturated carbocycles. The van der Waals surface area contributed by atoms with Crippen molar-refractivity contribution in [2.75, 3.05) is 0 Å². The molecular weight excluding hydrogens is 366 g/mol. The van der Waals surface area contributed by atoms with E-state index in [1.165, 1.54) is 27.3 Å². The van der Waals surface area contributed by atoms with Crippen LogP contribution in [0, 0.1) is 11.3 Å². The Balaban J connectivity index is 1.85. The average molecular weight is 383 g/mol. The van der Waals surface area contributed by atoms with Crippen LogP contribution < -0.4 is 0 Å². The van der Waals surface area contributed by atoms with Crippen LogP contribution in [0.15, 0.2) is 103 Å². The second-order valence-corrected chi connectivity index (χ2v) is 7.40. The van der Waals surface area contributed by atoms with Crippen LogP contribution >= 0.6 is 0 Å². The summed E-state index contributed by atoms with van der Waals surface area (Å²) >= 11 is 0. The van der Waals surface area contributed by atoms with Crippen LogP contribution in [0.4, 0.5) is 0 Å². The molecule has 0 unspecified atom stereocenters. The van der Waals surface area contributed by atoms with Gasteiger partial charge >= 0.3 is 0 Å². The molecule has 140 valence electrons. The topological polar surface area (TPSA) is 33.6 Å². The summed E-state index contributed by atoms with van der Waals surface area (Å²) in [5.74, 6) is 0. The van der Waals surface area contributed by atoms with Crippen molar-refractivity contribution in [2.45, 2.75) is 0 Å². The average Bonchev–Trinajstić information content (AvgIpc) is 3.33. The fourth-order valence-corrected chi connectivity index (χ4v) is 4.48. The van der Waals surface area contributed by atoms with Gasteiger partial charge in [-0.3, -0.25) is 0 Å². The zero-order valence-corrected chi connectivity index (χ0v) is 16.2. The van der Waals surface area contributed by atoms with Crippen molar-refractivity contribution in [1.82, 2.24) is 9.13 Å². The van der Waals surface area contributed by atoms with Gasteiger partial charge in [-0.15, -0.1) is 0 Å². The third-order valence-electron chi connectivity index (χ3n) is 5.74. The SMILES string of the molecule is N#Cc1ccc(-n2c3ccccc3c3c2c2ccccc2n3-c2ccccc2)cc1. The molecule has 6 rings (SSSR count). The first kappa shape index (κ1) is 16.6. The predicted molar refractivity (Wildman–Crippen MR) is 122 cm³/mol. The molecule has 3 nitrogen and oxygen atoms in total. The number of aromatic nitrogens is 2. The highest BCUT2D eigenvalue weighted by molar-refractivity contribution is 6.19. The largest absolute Gasteiger partial charge is 0.307 e. The molecule has 0 bridgehead atoms. The molecule has 0 spiro atoms. The van der Waals surface area contributed by atoms with E-state index in [1.807, 2.05) is 30.3 Å². The summed E-state index contributed by atoms with van der Waals surface area (Å²) in [5.41, 5.74) is 7.58. The Hall–Kier alpha value is -4.29. The van der Waals surface area contributed by atoms with Gasteiger partial charge in [0.15, 0.2) is 0 Å². The van der Waals surface area contributed by atoms with Gasteiger partial charge in [-0.2, -0.15) is 5.26 Å². The van der Waals surface area contributed by atoms with E-state index in [4.69, 9.17) is 0 Å². The van der Waals surface area contributed by atoms with Gasteiger partial charge in [0.05, 0.1) is 33.7 Å². The van der Waals surface area contributed by atoms with E-state index >= 15 is 0 Å². The van der Waals surface area contributed by atoms with Gasteiger partial charge in [0.2, 0.25) is 0 Å². The molecule has 4 aromatic carbocycles. The van der Waals surface area contributed by atoms with E-state index in [2.05, 4.69) is 88.0 Å². The maximum atomic E-state index is 9.21. The molecule has 2 aromatic heterocycles. The van der Waals surface area contributed by atoms with E-state index in [0.29, 0.717) is 5.56 Å².